The first-order chi connectivity index (χ1) is 8.88. The van der Waals surface area contributed by atoms with E-state index in [0.29, 0.717) is 6.04 Å². The summed E-state index contributed by atoms with van der Waals surface area (Å²) in [6.07, 6.45) is 4.91. The molecule has 0 amide bonds. The van der Waals surface area contributed by atoms with E-state index in [0.717, 1.165) is 6.42 Å². The maximum Gasteiger partial charge on any atom is 0.0525 e. The quantitative estimate of drug-likeness (QED) is 0.832. The summed E-state index contributed by atoms with van der Waals surface area (Å²) in [7, 11) is 0. The summed E-state index contributed by atoms with van der Waals surface area (Å²) in [5.41, 5.74) is 4.25. The Labute approximate surface area is 113 Å². The molecule has 0 spiro atoms. The Morgan fingerprint density at radius 2 is 2.17 bits per heavy atom. The van der Waals surface area contributed by atoms with Gasteiger partial charge in [0.25, 0.3) is 0 Å². The first-order valence-electron chi connectivity index (χ1n) is 6.79. The third kappa shape index (κ3) is 2.17. The Bertz CT molecular complexity index is 529. The van der Waals surface area contributed by atoms with Gasteiger partial charge in [-0.2, -0.15) is 0 Å². The Balaban J connectivity index is 1.86. The minimum absolute atomic E-state index is 0.507. The van der Waals surface area contributed by atoms with Crippen molar-refractivity contribution in [2.75, 3.05) is 5.32 Å². The van der Waals surface area contributed by atoms with Gasteiger partial charge in [0.05, 0.1) is 6.04 Å². The van der Waals surface area contributed by atoms with Gasteiger partial charge in [0.15, 0.2) is 0 Å². The number of hydrogen-bond acceptors (Lipinski definition) is 2. The van der Waals surface area contributed by atoms with Crippen molar-refractivity contribution in [3.8, 4) is 0 Å². The van der Waals surface area contributed by atoms with E-state index < -0.39 is 0 Å². The summed E-state index contributed by atoms with van der Waals surface area (Å²) in [5, 5.41) is 5.98. The highest BCUT2D eigenvalue weighted by Gasteiger charge is 2.21. The fourth-order valence-electron chi connectivity index (χ4n) is 2.79. The number of thiophene rings is 1. The molecule has 3 rings (SSSR count). The number of anilines is 1. The smallest absolute Gasteiger partial charge is 0.0525 e. The molecule has 2 heteroatoms. The first kappa shape index (κ1) is 11.8. The van der Waals surface area contributed by atoms with E-state index in [-0.39, 0.29) is 0 Å². The molecule has 94 valence electrons. The topological polar surface area (TPSA) is 12.0 Å². The molecule has 1 heterocycles. The lowest BCUT2D eigenvalue weighted by molar-refractivity contribution is 0.608. The summed E-state index contributed by atoms with van der Waals surface area (Å²) in [6.45, 7) is 2.22. The highest BCUT2D eigenvalue weighted by atomic mass is 32.1. The minimum atomic E-state index is 0.507. The second-order valence-electron chi connectivity index (χ2n) is 4.90. The van der Waals surface area contributed by atoms with Crippen LogP contribution in [0.15, 0.2) is 35.7 Å². The first-order valence-corrected chi connectivity index (χ1v) is 7.67. The zero-order valence-electron chi connectivity index (χ0n) is 10.8. The standard InChI is InChI=1S/C16H19NS/c1-2-12-6-3-4-7-14(12)17-15-8-5-9-16-13(15)10-11-18-16/h3-4,6-7,10-11,15,17H,2,5,8-9H2,1H3. The summed E-state index contributed by atoms with van der Waals surface area (Å²) in [6, 6.07) is 11.5. The van der Waals surface area contributed by atoms with Gasteiger partial charge in [-0.25, -0.2) is 0 Å². The van der Waals surface area contributed by atoms with Crippen LogP contribution in [-0.2, 0) is 12.8 Å². The predicted molar refractivity (Wildman–Crippen MR) is 79.4 cm³/mol. The van der Waals surface area contributed by atoms with Crippen molar-refractivity contribution in [2.24, 2.45) is 0 Å². The minimum Gasteiger partial charge on any atom is -0.378 e. The Morgan fingerprint density at radius 1 is 1.28 bits per heavy atom. The molecule has 1 aromatic carbocycles. The third-order valence-electron chi connectivity index (χ3n) is 3.78. The van der Waals surface area contributed by atoms with Crippen molar-refractivity contribution >= 4 is 17.0 Å². The fraction of sp³-hybridized carbons (Fsp3) is 0.375. The molecule has 1 unspecified atom stereocenters. The van der Waals surface area contributed by atoms with Crippen LogP contribution in [0.3, 0.4) is 0 Å². The zero-order valence-corrected chi connectivity index (χ0v) is 11.6. The van der Waals surface area contributed by atoms with Crippen LogP contribution in [-0.4, -0.2) is 0 Å². The van der Waals surface area contributed by atoms with Crippen LogP contribution < -0.4 is 5.32 Å². The number of hydrogen-bond donors (Lipinski definition) is 1. The lowest BCUT2D eigenvalue weighted by Gasteiger charge is -2.25. The molecule has 1 nitrogen and oxygen atoms in total. The maximum absolute atomic E-state index is 3.75. The van der Waals surface area contributed by atoms with E-state index in [1.165, 1.54) is 36.1 Å². The molecular formula is C16H19NS. The monoisotopic (exact) mass is 257 g/mol. The van der Waals surface area contributed by atoms with Gasteiger partial charge >= 0.3 is 0 Å². The van der Waals surface area contributed by atoms with Gasteiger partial charge in [-0.1, -0.05) is 25.1 Å². The Hall–Kier alpha value is -1.28. The fourth-order valence-corrected chi connectivity index (χ4v) is 3.78. The maximum atomic E-state index is 3.75. The van der Waals surface area contributed by atoms with E-state index in [2.05, 4.69) is 48.0 Å². The van der Waals surface area contributed by atoms with Crippen LogP contribution in [0.2, 0.25) is 0 Å². The number of aryl methyl sites for hydroxylation is 2. The van der Waals surface area contributed by atoms with Crippen molar-refractivity contribution in [3.63, 3.8) is 0 Å². The molecule has 0 bridgehead atoms. The normalized spacial score (nSPS) is 18.4. The van der Waals surface area contributed by atoms with E-state index in [9.17, 15) is 0 Å². The molecule has 0 aliphatic heterocycles. The van der Waals surface area contributed by atoms with Crippen molar-refractivity contribution < 1.29 is 0 Å². The van der Waals surface area contributed by atoms with Crippen LogP contribution >= 0.6 is 11.3 Å². The van der Waals surface area contributed by atoms with Crippen LogP contribution in [0.5, 0.6) is 0 Å². The average Bonchev–Trinajstić information content (AvgIpc) is 2.89. The van der Waals surface area contributed by atoms with Crippen molar-refractivity contribution in [1.82, 2.24) is 0 Å². The van der Waals surface area contributed by atoms with Gasteiger partial charge in [-0.05, 0) is 54.3 Å². The third-order valence-corrected chi connectivity index (χ3v) is 4.78. The van der Waals surface area contributed by atoms with E-state index in [1.54, 1.807) is 4.88 Å². The van der Waals surface area contributed by atoms with Crippen LogP contribution in [0.25, 0.3) is 0 Å². The second kappa shape index (κ2) is 5.15. The molecule has 0 saturated heterocycles. The lowest BCUT2D eigenvalue weighted by atomic mass is 9.93. The summed E-state index contributed by atoms with van der Waals surface area (Å²) in [5.74, 6) is 0. The summed E-state index contributed by atoms with van der Waals surface area (Å²) < 4.78 is 0. The molecule has 0 radical (unpaired) electrons. The second-order valence-corrected chi connectivity index (χ2v) is 5.90. The largest absolute Gasteiger partial charge is 0.378 e. The van der Waals surface area contributed by atoms with E-state index in [1.807, 2.05) is 11.3 Å². The van der Waals surface area contributed by atoms with Crippen molar-refractivity contribution in [3.05, 3.63) is 51.7 Å². The Morgan fingerprint density at radius 3 is 3.06 bits per heavy atom. The van der Waals surface area contributed by atoms with Gasteiger partial charge in [0.1, 0.15) is 0 Å². The molecule has 1 atom stereocenters. The van der Waals surface area contributed by atoms with Gasteiger partial charge < -0.3 is 5.32 Å². The SMILES string of the molecule is CCc1ccccc1NC1CCCc2sccc21. The molecule has 18 heavy (non-hydrogen) atoms. The molecule has 0 saturated carbocycles. The van der Waals surface area contributed by atoms with Gasteiger partial charge in [-0.3, -0.25) is 0 Å². The van der Waals surface area contributed by atoms with Crippen molar-refractivity contribution in [2.45, 2.75) is 38.6 Å². The molecule has 0 fully saturated rings. The van der Waals surface area contributed by atoms with E-state index in [4.69, 9.17) is 0 Å². The number of benzene rings is 1. The number of fused-ring (bicyclic) bond motifs is 1. The molecule has 1 aliphatic carbocycles. The summed E-state index contributed by atoms with van der Waals surface area (Å²) in [4.78, 5) is 1.58. The predicted octanol–water partition coefficient (Wildman–Crippen LogP) is 4.80. The zero-order chi connectivity index (χ0) is 12.4. The highest BCUT2D eigenvalue weighted by Crippen LogP contribution is 2.36. The molecule has 1 aliphatic rings. The van der Waals surface area contributed by atoms with E-state index >= 15 is 0 Å². The number of para-hydroxylation sites is 1. The van der Waals surface area contributed by atoms with Gasteiger partial charge in [0, 0.05) is 10.6 Å². The van der Waals surface area contributed by atoms with Crippen LogP contribution in [0.1, 0.15) is 41.8 Å². The highest BCUT2D eigenvalue weighted by molar-refractivity contribution is 7.10. The molecule has 2 aromatic rings. The summed E-state index contributed by atoms with van der Waals surface area (Å²) >= 11 is 1.91. The van der Waals surface area contributed by atoms with Gasteiger partial charge in [-0.15, -0.1) is 11.3 Å². The molecular weight excluding hydrogens is 238 g/mol. The van der Waals surface area contributed by atoms with Crippen LogP contribution in [0.4, 0.5) is 5.69 Å². The van der Waals surface area contributed by atoms with Crippen LogP contribution in [0, 0.1) is 0 Å². The number of rotatable bonds is 3. The molecule has 1 N–H and O–H groups in total. The average molecular weight is 257 g/mol. The Kier molecular flexibility index (Phi) is 3.37. The number of nitrogens with one attached hydrogen (secondary N) is 1. The molecule has 1 aromatic heterocycles. The lowest BCUT2D eigenvalue weighted by Crippen LogP contribution is -2.16. The van der Waals surface area contributed by atoms with Crippen molar-refractivity contribution in [1.29, 1.82) is 0 Å². The van der Waals surface area contributed by atoms with Gasteiger partial charge in [0.2, 0.25) is 0 Å².